The van der Waals surface area contributed by atoms with Crippen molar-refractivity contribution in [2.75, 3.05) is 0 Å². The van der Waals surface area contributed by atoms with E-state index < -0.39 is 10.8 Å². The smallest absolute Gasteiger partial charge is 0.164 e. The molecule has 0 N–H and O–H groups in total. The Morgan fingerprint density at radius 3 is 0.958 bits per heavy atom. The number of furan rings is 2. The fourth-order valence-electron chi connectivity index (χ4n) is 19.0. The maximum Gasteiger partial charge on any atom is 0.164 e. The van der Waals surface area contributed by atoms with Gasteiger partial charge in [-0.05, 0) is 165 Å². The van der Waals surface area contributed by atoms with Gasteiger partial charge >= 0.3 is 0 Å². The van der Waals surface area contributed by atoms with Crippen LogP contribution in [0.4, 0.5) is 0 Å². The van der Waals surface area contributed by atoms with Crippen LogP contribution in [-0.2, 0) is 10.8 Å². The van der Waals surface area contributed by atoms with Gasteiger partial charge in [-0.25, -0.2) is 29.9 Å². The lowest BCUT2D eigenvalue weighted by molar-refractivity contribution is 0.665. The van der Waals surface area contributed by atoms with Crippen molar-refractivity contribution in [2.45, 2.75) is 10.8 Å². The summed E-state index contributed by atoms with van der Waals surface area (Å²) in [5, 5.41) is 8.82. The van der Waals surface area contributed by atoms with E-state index in [1.54, 1.807) is 0 Å². The fourth-order valence-corrected chi connectivity index (χ4v) is 19.0. The van der Waals surface area contributed by atoms with Crippen LogP contribution in [0, 0.1) is 0 Å². The van der Waals surface area contributed by atoms with E-state index >= 15 is 0 Å². The van der Waals surface area contributed by atoms with Crippen molar-refractivity contribution in [1.29, 1.82) is 0 Å². The van der Waals surface area contributed by atoms with Gasteiger partial charge in [-0.2, -0.15) is 0 Å². The number of fused-ring (bicyclic) bond motifs is 14. The average molecular weight is 1530 g/mol. The summed E-state index contributed by atoms with van der Waals surface area (Å²) < 4.78 is 13.7. The third-order valence-corrected chi connectivity index (χ3v) is 24.4. The van der Waals surface area contributed by atoms with Crippen LogP contribution in [0.15, 0.2) is 433 Å². The quantitative estimate of drug-likeness (QED) is 0.119. The summed E-state index contributed by atoms with van der Waals surface area (Å²) in [6.45, 7) is 0. The zero-order valence-corrected chi connectivity index (χ0v) is 64.9. The van der Waals surface area contributed by atoms with Gasteiger partial charge in [-0.15, -0.1) is 0 Å². The molecule has 4 heterocycles. The highest BCUT2D eigenvalue weighted by molar-refractivity contribution is 6.09. The lowest BCUT2D eigenvalue weighted by Gasteiger charge is -2.33. The van der Waals surface area contributed by atoms with Crippen LogP contribution in [-0.4, -0.2) is 29.9 Å². The molecule has 0 unspecified atom stereocenters. The predicted molar refractivity (Wildman–Crippen MR) is 487 cm³/mol. The number of rotatable bonds is 12. The molecule has 8 heteroatoms. The van der Waals surface area contributed by atoms with Gasteiger partial charge in [0, 0.05) is 54.9 Å². The Hall–Kier alpha value is -15.9. The maximum absolute atomic E-state index is 6.87. The number of hydrogen-bond acceptors (Lipinski definition) is 8. The molecule has 18 aromatic carbocycles. The lowest BCUT2D eigenvalue weighted by atomic mass is 9.67. The molecule has 0 saturated heterocycles. The zero-order chi connectivity index (χ0) is 79.2. The van der Waals surface area contributed by atoms with Crippen LogP contribution in [0.1, 0.15) is 44.5 Å². The molecule has 0 atom stereocenters. The normalized spacial score (nSPS) is 12.8. The van der Waals surface area contributed by atoms with E-state index in [0.717, 1.165) is 116 Å². The molecule has 560 valence electrons. The van der Waals surface area contributed by atoms with Gasteiger partial charge in [-0.3, -0.25) is 0 Å². The summed E-state index contributed by atoms with van der Waals surface area (Å²) in [5.41, 5.74) is 27.2. The molecule has 2 aliphatic carbocycles. The van der Waals surface area contributed by atoms with Crippen molar-refractivity contribution in [3.63, 3.8) is 0 Å². The average Bonchev–Trinajstić information content (AvgIpc) is 1.57. The molecule has 2 aliphatic rings. The summed E-state index contributed by atoms with van der Waals surface area (Å²) in [4.78, 5) is 30.5. The third kappa shape index (κ3) is 11.4. The largest absolute Gasteiger partial charge is 0.456 e. The SMILES string of the molecule is c1ccc(-c2nc(-c3ccc4ccccc4c3)nc(-c3ccccc3-c3ccc4c(c3)oc3cc(C5(c6ccccc6)c6ccccc6-c6ccccc65)ccc34)n2)cc1.c1ccc(-c2nc(-c3ccccc3)nc(-c3cc(-c4ccc5c(c4)oc4cc(C6(c7ccccc7)c7ccccc7-c7ccccc76)ccc45)cc4ccccc34)n2)cc1. The Morgan fingerprint density at radius 2 is 0.483 bits per heavy atom. The molecule has 0 fully saturated rings. The summed E-state index contributed by atoms with van der Waals surface area (Å²) in [6, 6.07) is 150. The Bertz CT molecular complexity index is 7650. The van der Waals surface area contributed by atoms with Crippen molar-refractivity contribution in [1.82, 2.24) is 29.9 Å². The van der Waals surface area contributed by atoms with Gasteiger partial charge in [0.2, 0.25) is 0 Å². The number of nitrogens with zero attached hydrogens (tertiary/aromatic N) is 6. The minimum Gasteiger partial charge on any atom is -0.456 e. The van der Waals surface area contributed by atoms with Gasteiger partial charge < -0.3 is 8.83 Å². The Kier molecular flexibility index (Phi) is 16.5. The minimum absolute atomic E-state index is 0.496. The summed E-state index contributed by atoms with van der Waals surface area (Å²) in [7, 11) is 0. The second-order valence-corrected chi connectivity index (χ2v) is 31.0. The van der Waals surface area contributed by atoms with E-state index in [1.807, 2.05) is 97.1 Å². The summed E-state index contributed by atoms with van der Waals surface area (Å²) in [6.07, 6.45) is 0. The lowest BCUT2D eigenvalue weighted by Crippen LogP contribution is -2.28. The van der Waals surface area contributed by atoms with Gasteiger partial charge in [-0.1, -0.05) is 370 Å². The Balaban J connectivity index is 0.000000140. The Labute approximate surface area is 692 Å². The highest BCUT2D eigenvalue weighted by atomic mass is 16.3. The highest BCUT2D eigenvalue weighted by Crippen LogP contribution is 2.59. The van der Waals surface area contributed by atoms with Crippen molar-refractivity contribution >= 4 is 65.4 Å². The first kappa shape index (κ1) is 69.6. The fraction of sp³-hybridized carbons (Fsp3) is 0.0179. The molecule has 4 aromatic heterocycles. The van der Waals surface area contributed by atoms with Gasteiger partial charge in [0.15, 0.2) is 34.9 Å². The molecule has 0 radical (unpaired) electrons. The second-order valence-electron chi connectivity index (χ2n) is 31.0. The van der Waals surface area contributed by atoms with Gasteiger partial charge in [0.05, 0.1) is 10.8 Å². The van der Waals surface area contributed by atoms with E-state index in [9.17, 15) is 0 Å². The predicted octanol–water partition coefficient (Wildman–Crippen LogP) is 27.9. The molecule has 0 saturated carbocycles. The van der Waals surface area contributed by atoms with Gasteiger partial charge in [0.1, 0.15) is 22.3 Å². The van der Waals surface area contributed by atoms with Crippen LogP contribution in [0.3, 0.4) is 0 Å². The van der Waals surface area contributed by atoms with Crippen LogP contribution >= 0.6 is 0 Å². The molecular formula is C112H70N6O2. The molecule has 0 aliphatic heterocycles. The monoisotopic (exact) mass is 1530 g/mol. The second kappa shape index (κ2) is 28.5. The Morgan fingerprint density at radius 1 is 0.158 bits per heavy atom. The topological polar surface area (TPSA) is 104 Å². The molecule has 120 heavy (non-hydrogen) atoms. The third-order valence-electron chi connectivity index (χ3n) is 24.4. The standard InChI is InChI=1S/2C56H35N3O/c1-4-16-36(17-5-1)53-57-54(37-18-6-2-7-19-37)59-55(58-53)48-33-40(32-39-20-10-11-23-43(39)48)38-28-30-46-47-31-29-42(35-52(47)60-51(46)34-38)56(41-21-8-3-9-22-41)49-26-14-12-24-44(49)45-25-13-15-27-50(45)56;1-3-16-37(17-4-1)53-57-54(40-28-27-36-15-7-8-18-38(36)33-40)59-55(58-53)48-24-10-9-21-43(48)39-29-31-46-47-32-30-42(35-52(47)60-51(46)34-39)56(41-19-5-2-6-20-41)49-25-13-11-22-44(49)45-23-12-14-26-50(45)56/h2*1-35H. The molecule has 22 aromatic rings. The first-order valence-corrected chi connectivity index (χ1v) is 40.7. The van der Waals surface area contributed by atoms with Crippen molar-refractivity contribution in [3.05, 3.63) is 469 Å². The van der Waals surface area contributed by atoms with Crippen molar-refractivity contribution in [3.8, 4) is 113 Å². The van der Waals surface area contributed by atoms with E-state index in [-0.39, 0.29) is 0 Å². The van der Waals surface area contributed by atoms with E-state index in [1.165, 1.54) is 72.1 Å². The first-order valence-electron chi connectivity index (χ1n) is 40.7. The number of hydrogen-bond donors (Lipinski definition) is 0. The first-order chi connectivity index (χ1) is 59.4. The van der Waals surface area contributed by atoms with Crippen LogP contribution in [0.5, 0.6) is 0 Å². The van der Waals surface area contributed by atoms with Gasteiger partial charge in [0.25, 0.3) is 0 Å². The highest BCUT2D eigenvalue weighted by Gasteiger charge is 2.48. The molecule has 0 amide bonds. The zero-order valence-electron chi connectivity index (χ0n) is 64.9. The van der Waals surface area contributed by atoms with Crippen LogP contribution in [0.2, 0.25) is 0 Å². The van der Waals surface area contributed by atoms with Crippen molar-refractivity contribution in [2.24, 2.45) is 0 Å². The molecule has 0 bridgehead atoms. The molecular weight excluding hydrogens is 1460 g/mol. The summed E-state index contributed by atoms with van der Waals surface area (Å²) >= 11 is 0. The summed E-state index contributed by atoms with van der Waals surface area (Å²) in [5.74, 6) is 3.76. The molecule has 8 nitrogen and oxygen atoms in total. The van der Waals surface area contributed by atoms with E-state index in [0.29, 0.717) is 34.9 Å². The molecule has 0 spiro atoms. The van der Waals surface area contributed by atoms with Crippen molar-refractivity contribution < 1.29 is 8.83 Å². The van der Waals surface area contributed by atoms with E-state index in [2.05, 4.69) is 328 Å². The molecule has 24 rings (SSSR count). The van der Waals surface area contributed by atoms with Crippen LogP contribution in [0.25, 0.3) is 178 Å². The maximum atomic E-state index is 6.87. The van der Waals surface area contributed by atoms with Crippen LogP contribution < -0.4 is 0 Å². The van der Waals surface area contributed by atoms with E-state index in [4.69, 9.17) is 38.7 Å². The minimum atomic E-state index is -0.499. The number of aromatic nitrogens is 6. The number of benzene rings is 18.